The van der Waals surface area contributed by atoms with E-state index >= 15 is 0 Å². The van der Waals surface area contributed by atoms with Crippen LogP contribution in [0.25, 0.3) is 0 Å². The summed E-state index contributed by atoms with van der Waals surface area (Å²) < 4.78 is 0. The van der Waals surface area contributed by atoms with E-state index in [1.165, 1.54) is 0 Å². The molecule has 184 valence electrons. The molecule has 0 spiro atoms. The van der Waals surface area contributed by atoms with Gasteiger partial charge < -0.3 is 42.3 Å². The lowest BCUT2D eigenvalue weighted by Gasteiger charge is -2.25. The van der Waals surface area contributed by atoms with Crippen LogP contribution in [-0.4, -0.2) is 88.8 Å². The molecule has 0 saturated carbocycles. The summed E-state index contributed by atoms with van der Waals surface area (Å²) in [5.74, 6) is -4.90. The van der Waals surface area contributed by atoms with Crippen molar-refractivity contribution in [2.45, 2.75) is 58.3 Å². The summed E-state index contributed by atoms with van der Waals surface area (Å²) in [6.07, 6.45) is 0.679. The van der Waals surface area contributed by atoms with Crippen LogP contribution in [0.2, 0.25) is 0 Å². The largest absolute Gasteiger partial charge is 0.480 e. The van der Waals surface area contributed by atoms with Gasteiger partial charge in [0.1, 0.15) is 18.1 Å². The van der Waals surface area contributed by atoms with E-state index in [1.54, 1.807) is 13.8 Å². The van der Waals surface area contributed by atoms with Crippen molar-refractivity contribution >= 4 is 29.6 Å². The Balaban J connectivity index is 4.88. The molecule has 13 nitrogen and oxygen atoms in total. The number of rotatable bonds is 14. The topological polar surface area (TPSA) is 220 Å². The predicted molar refractivity (Wildman–Crippen MR) is 113 cm³/mol. The van der Waals surface area contributed by atoms with Gasteiger partial charge in [0.15, 0.2) is 0 Å². The third-order valence-electron chi connectivity index (χ3n) is 4.86. The number of carbonyl (C=O) groups excluding carboxylic acids is 4. The maximum absolute atomic E-state index is 12.5. The molecule has 32 heavy (non-hydrogen) atoms. The summed E-state index contributed by atoms with van der Waals surface area (Å²) in [4.78, 5) is 59.7. The number of hydrogen-bond donors (Lipinski definition) is 8. The molecule has 0 heterocycles. The van der Waals surface area contributed by atoms with Gasteiger partial charge >= 0.3 is 5.97 Å². The SMILES string of the molecule is CC[C@H](C)[C@H](N)C(=O)N[C@H](C(=O)NCC(=O)N[C@@H](CO)C(=O)N[C@@H](CO)C(=O)O)C(C)C. The normalized spacial score (nSPS) is 15.6. The number of carboxylic acid groups (broad SMARTS) is 1. The first-order valence-corrected chi connectivity index (χ1v) is 10.3. The van der Waals surface area contributed by atoms with Crippen LogP contribution in [0.5, 0.6) is 0 Å². The van der Waals surface area contributed by atoms with E-state index in [4.69, 9.17) is 15.9 Å². The monoisotopic (exact) mass is 461 g/mol. The zero-order chi connectivity index (χ0) is 25.0. The van der Waals surface area contributed by atoms with E-state index in [-0.39, 0.29) is 11.8 Å². The van der Waals surface area contributed by atoms with Crippen molar-refractivity contribution in [2.75, 3.05) is 19.8 Å². The molecule has 0 aromatic rings. The van der Waals surface area contributed by atoms with E-state index < -0.39 is 73.5 Å². The number of amides is 4. The van der Waals surface area contributed by atoms with Crippen LogP contribution >= 0.6 is 0 Å². The van der Waals surface area contributed by atoms with Gasteiger partial charge in [0.2, 0.25) is 23.6 Å². The number of hydrogen-bond acceptors (Lipinski definition) is 8. The quantitative estimate of drug-likeness (QED) is 0.129. The highest BCUT2D eigenvalue weighted by Crippen LogP contribution is 2.08. The number of aliphatic hydroxyl groups excluding tert-OH is 2. The van der Waals surface area contributed by atoms with Crippen LogP contribution in [0.4, 0.5) is 0 Å². The number of carbonyl (C=O) groups is 5. The van der Waals surface area contributed by atoms with Crippen LogP contribution in [0.1, 0.15) is 34.1 Å². The zero-order valence-electron chi connectivity index (χ0n) is 18.8. The second-order valence-corrected chi connectivity index (χ2v) is 7.74. The third kappa shape index (κ3) is 9.58. The zero-order valence-corrected chi connectivity index (χ0v) is 18.8. The van der Waals surface area contributed by atoms with Gasteiger partial charge in [-0.25, -0.2) is 4.79 Å². The number of carboxylic acids is 1. The maximum Gasteiger partial charge on any atom is 0.328 e. The molecule has 5 atom stereocenters. The fourth-order valence-corrected chi connectivity index (χ4v) is 2.47. The first kappa shape index (κ1) is 29.2. The lowest BCUT2D eigenvalue weighted by Crippen LogP contribution is -2.57. The minimum Gasteiger partial charge on any atom is -0.480 e. The molecule has 0 unspecified atom stereocenters. The van der Waals surface area contributed by atoms with Crippen LogP contribution in [0, 0.1) is 11.8 Å². The minimum atomic E-state index is -1.61. The van der Waals surface area contributed by atoms with Gasteiger partial charge in [0.25, 0.3) is 0 Å². The smallest absolute Gasteiger partial charge is 0.328 e. The van der Waals surface area contributed by atoms with Crippen LogP contribution < -0.4 is 27.0 Å². The average molecular weight is 462 g/mol. The van der Waals surface area contributed by atoms with Gasteiger partial charge in [0.05, 0.1) is 25.8 Å². The Bertz CT molecular complexity index is 672. The van der Waals surface area contributed by atoms with Crippen molar-refractivity contribution in [3.63, 3.8) is 0 Å². The van der Waals surface area contributed by atoms with E-state index in [2.05, 4.69) is 16.0 Å². The minimum absolute atomic E-state index is 0.0928. The van der Waals surface area contributed by atoms with Crippen LogP contribution in [0.3, 0.4) is 0 Å². The molecule has 0 aliphatic carbocycles. The van der Waals surface area contributed by atoms with Crippen LogP contribution in [-0.2, 0) is 24.0 Å². The maximum atomic E-state index is 12.5. The fraction of sp³-hybridized carbons (Fsp3) is 0.737. The van der Waals surface area contributed by atoms with Gasteiger partial charge in [-0.3, -0.25) is 19.2 Å². The Morgan fingerprint density at radius 3 is 1.84 bits per heavy atom. The van der Waals surface area contributed by atoms with E-state index in [0.717, 1.165) is 0 Å². The predicted octanol–water partition coefficient (Wildman–Crippen LogP) is -3.34. The Hall–Kier alpha value is -2.77. The molecule has 0 aromatic carbocycles. The van der Waals surface area contributed by atoms with Crippen molar-refractivity contribution < 1.29 is 39.3 Å². The number of nitrogens with two attached hydrogens (primary N) is 1. The summed E-state index contributed by atoms with van der Waals surface area (Å²) in [6.45, 7) is 4.80. The molecular weight excluding hydrogens is 426 g/mol. The highest BCUT2D eigenvalue weighted by Gasteiger charge is 2.29. The molecule has 0 aromatic heterocycles. The second kappa shape index (κ2) is 14.3. The lowest BCUT2D eigenvalue weighted by atomic mass is 9.97. The van der Waals surface area contributed by atoms with Crippen molar-refractivity contribution in [3.8, 4) is 0 Å². The van der Waals surface area contributed by atoms with Gasteiger partial charge in [-0.1, -0.05) is 34.1 Å². The molecule has 0 fully saturated rings. The van der Waals surface area contributed by atoms with Gasteiger partial charge in [0, 0.05) is 0 Å². The Labute approximate surface area is 186 Å². The summed E-state index contributed by atoms with van der Waals surface area (Å²) in [7, 11) is 0. The van der Waals surface area contributed by atoms with Crippen molar-refractivity contribution in [1.29, 1.82) is 0 Å². The molecule has 4 amide bonds. The first-order valence-electron chi connectivity index (χ1n) is 10.3. The third-order valence-corrected chi connectivity index (χ3v) is 4.86. The lowest BCUT2D eigenvalue weighted by molar-refractivity contribution is -0.143. The summed E-state index contributed by atoms with van der Waals surface area (Å²) >= 11 is 0. The molecular formula is C19H35N5O8. The average Bonchev–Trinajstić information content (AvgIpc) is 2.75. The molecule has 0 rings (SSSR count). The molecule has 0 bridgehead atoms. The number of aliphatic hydroxyl groups is 2. The van der Waals surface area contributed by atoms with Crippen LogP contribution in [0.15, 0.2) is 0 Å². The molecule has 0 aliphatic rings. The molecule has 13 heteroatoms. The molecule has 0 aliphatic heterocycles. The number of nitrogens with one attached hydrogen (secondary N) is 4. The van der Waals surface area contributed by atoms with Crippen molar-refractivity contribution in [3.05, 3.63) is 0 Å². The van der Waals surface area contributed by atoms with Gasteiger partial charge in [-0.05, 0) is 11.8 Å². The number of aliphatic carboxylic acids is 1. The Morgan fingerprint density at radius 1 is 0.844 bits per heavy atom. The molecule has 0 saturated heterocycles. The van der Waals surface area contributed by atoms with Gasteiger partial charge in [-0.15, -0.1) is 0 Å². The molecule has 0 radical (unpaired) electrons. The van der Waals surface area contributed by atoms with Gasteiger partial charge in [-0.2, -0.15) is 0 Å². The van der Waals surface area contributed by atoms with Crippen molar-refractivity contribution in [1.82, 2.24) is 21.3 Å². The first-order chi connectivity index (χ1) is 14.9. The van der Waals surface area contributed by atoms with E-state index in [1.807, 2.05) is 19.2 Å². The highest BCUT2D eigenvalue weighted by atomic mass is 16.4. The summed E-state index contributed by atoms with van der Waals surface area (Å²) in [5, 5.41) is 36.1. The summed E-state index contributed by atoms with van der Waals surface area (Å²) in [6, 6.07) is -4.86. The van der Waals surface area contributed by atoms with Crippen molar-refractivity contribution in [2.24, 2.45) is 17.6 Å². The summed E-state index contributed by atoms with van der Waals surface area (Å²) in [5.41, 5.74) is 5.88. The standard InChI is InChI=1S/C19H35N5O8/c1-5-10(4)14(20)17(29)24-15(9(2)3)18(30)21-6-13(27)22-11(7-25)16(28)23-12(8-26)19(31)32/h9-12,14-15,25-26H,5-8,20H2,1-4H3,(H,21,30)(H,22,27)(H,23,28)(H,24,29)(H,31,32)/t10-,11-,12-,14-,15-/m0/s1. The Kier molecular flexibility index (Phi) is 13.1. The van der Waals surface area contributed by atoms with E-state index in [9.17, 15) is 29.1 Å². The Morgan fingerprint density at radius 2 is 1.41 bits per heavy atom. The highest BCUT2D eigenvalue weighted by molar-refractivity contribution is 5.94. The second-order valence-electron chi connectivity index (χ2n) is 7.74. The molecule has 9 N–H and O–H groups in total. The van der Waals surface area contributed by atoms with E-state index in [0.29, 0.717) is 6.42 Å². The fourth-order valence-electron chi connectivity index (χ4n) is 2.47.